The normalized spacial score (nSPS) is 19.6. The van der Waals surface area contributed by atoms with E-state index in [0.717, 1.165) is 36.4 Å². The summed E-state index contributed by atoms with van der Waals surface area (Å²) in [6.45, 7) is 2.75. The number of aliphatic carboxylic acids is 1. The minimum atomic E-state index is -4.31. The van der Waals surface area contributed by atoms with Crippen molar-refractivity contribution in [2.45, 2.75) is 69.5 Å². The van der Waals surface area contributed by atoms with E-state index in [-0.39, 0.29) is 47.3 Å². The second kappa shape index (κ2) is 11.7. The van der Waals surface area contributed by atoms with Crippen molar-refractivity contribution in [3.63, 3.8) is 0 Å². The molecule has 1 aromatic heterocycles. The smallest absolute Gasteiger partial charge is 0.305 e. The lowest BCUT2D eigenvalue weighted by Gasteiger charge is -2.34. The van der Waals surface area contributed by atoms with Crippen molar-refractivity contribution in [3.8, 4) is 5.75 Å². The van der Waals surface area contributed by atoms with Crippen molar-refractivity contribution in [2.24, 2.45) is 5.92 Å². The van der Waals surface area contributed by atoms with Gasteiger partial charge in [0.15, 0.2) is 11.9 Å². The minimum absolute atomic E-state index is 0.0518. The highest BCUT2D eigenvalue weighted by Gasteiger charge is 2.49. The van der Waals surface area contributed by atoms with E-state index in [4.69, 9.17) is 9.26 Å². The molecule has 0 spiro atoms. The predicted molar refractivity (Wildman–Crippen MR) is 138 cm³/mol. The SMILES string of the molecule is COc1cccc(C(=O)N2CCN(S(=O)(=O)c3c(C)noc3C)C2C(=O)NC(CC(=O)O)C2CCCCC2)c1. The van der Waals surface area contributed by atoms with Crippen LogP contribution in [0.2, 0.25) is 0 Å². The van der Waals surface area contributed by atoms with Crippen LogP contribution < -0.4 is 10.1 Å². The van der Waals surface area contributed by atoms with Gasteiger partial charge in [0.25, 0.3) is 21.8 Å². The van der Waals surface area contributed by atoms with Crippen LogP contribution in [0.4, 0.5) is 0 Å². The standard InChI is InChI=1S/C26H34N4O8S/c1-16-23(17(2)38-28-16)39(35,36)30-13-12-29(26(34)19-10-7-11-20(14-19)37-3)25(30)24(33)27-21(15-22(31)32)18-8-5-4-6-9-18/h7,10-11,14,18,21,25H,4-6,8-9,12-13,15H2,1-3H3,(H,27,33)(H,31,32). The highest BCUT2D eigenvalue weighted by molar-refractivity contribution is 7.89. The average Bonchev–Trinajstić information content (AvgIpc) is 3.52. The molecule has 1 saturated carbocycles. The first-order valence-electron chi connectivity index (χ1n) is 13.0. The van der Waals surface area contributed by atoms with Crippen molar-refractivity contribution in [1.29, 1.82) is 0 Å². The van der Waals surface area contributed by atoms with Crippen molar-refractivity contribution >= 4 is 27.8 Å². The molecule has 12 nitrogen and oxygen atoms in total. The monoisotopic (exact) mass is 562 g/mol. The molecule has 2 fully saturated rings. The van der Waals surface area contributed by atoms with Crippen molar-refractivity contribution in [3.05, 3.63) is 41.3 Å². The van der Waals surface area contributed by atoms with Crippen molar-refractivity contribution in [2.75, 3.05) is 20.2 Å². The Morgan fingerprint density at radius 3 is 2.51 bits per heavy atom. The largest absolute Gasteiger partial charge is 0.497 e. The van der Waals surface area contributed by atoms with E-state index < -0.39 is 40.0 Å². The second-order valence-corrected chi connectivity index (χ2v) is 11.8. The predicted octanol–water partition coefficient (Wildman–Crippen LogP) is 2.31. The van der Waals surface area contributed by atoms with E-state index in [2.05, 4.69) is 10.5 Å². The molecule has 1 aliphatic heterocycles. The Morgan fingerprint density at radius 2 is 1.90 bits per heavy atom. The molecule has 1 aliphatic carbocycles. The molecule has 13 heteroatoms. The number of carbonyl (C=O) groups is 3. The molecule has 1 saturated heterocycles. The summed E-state index contributed by atoms with van der Waals surface area (Å²) in [5.74, 6) is -1.94. The van der Waals surface area contributed by atoms with E-state index >= 15 is 0 Å². The molecular formula is C26H34N4O8S. The molecule has 2 N–H and O–H groups in total. The molecular weight excluding hydrogens is 528 g/mol. The Bertz CT molecular complexity index is 1320. The summed E-state index contributed by atoms with van der Waals surface area (Å²) < 4.78 is 38.9. The molecule has 2 aliphatic rings. The first-order valence-corrected chi connectivity index (χ1v) is 14.4. The Hall–Kier alpha value is -3.45. The summed E-state index contributed by atoms with van der Waals surface area (Å²) in [5.41, 5.74) is 0.355. The highest BCUT2D eigenvalue weighted by Crippen LogP contribution is 2.32. The van der Waals surface area contributed by atoms with E-state index in [9.17, 15) is 27.9 Å². The fraction of sp³-hybridized carbons (Fsp3) is 0.538. The number of carbonyl (C=O) groups excluding carboxylic acids is 2. The molecule has 0 radical (unpaired) electrons. The van der Waals surface area contributed by atoms with Gasteiger partial charge in [-0.2, -0.15) is 4.31 Å². The lowest BCUT2D eigenvalue weighted by atomic mass is 9.82. The zero-order valence-electron chi connectivity index (χ0n) is 22.3. The van der Waals surface area contributed by atoms with Gasteiger partial charge in [-0.05, 0) is 50.8 Å². The first kappa shape index (κ1) is 28.6. The number of rotatable bonds is 9. The molecule has 4 rings (SSSR count). The molecule has 2 heterocycles. The van der Waals surface area contributed by atoms with Crippen LogP contribution in [0.15, 0.2) is 33.7 Å². The van der Waals surface area contributed by atoms with E-state index in [1.165, 1.54) is 31.9 Å². The molecule has 2 unspecified atom stereocenters. The lowest BCUT2D eigenvalue weighted by Crippen LogP contribution is -2.56. The maximum atomic E-state index is 13.9. The highest BCUT2D eigenvalue weighted by atomic mass is 32.2. The number of ether oxygens (including phenoxy) is 1. The van der Waals surface area contributed by atoms with Gasteiger partial charge in [-0.3, -0.25) is 14.4 Å². The van der Waals surface area contributed by atoms with Gasteiger partial charge in [0.1, 0.15) is 16.3 Å². The van der Waals surface area contributed by atoms with Crippen LogP contribution in [-0.2, 0) is 19.6 Å². The molecule has 2 aromatic rings. The van der Waals surface area contributed by atoms with Gasteiger partial charge in [-0.25, -0.2) is 8.42 Å². The van der Waals surface area contributed by atoms with Gasteiger partial charge >= 0.3 is 5.97 Å². The van der Waals surface area contributed by atoms with Crippen LogP contribution in [0, 0.1) is 19.8 Å². The van der Waals surface area contributed by atoms with E-state index in [1.807, 2.05) is 0 Å². The van der Waals surface area contributed by atoms with Gasteiger partial charge in [-0.1, -0.05) is 30.5 Å². The minimum Gasteiger partial charge on any atom is -0.497 e. The number of aryl methyl sites for hydroxylation is 2. The number of hydrogen-bond acceptors (Lipinski definition) is 8. The van der Waals surface area contributed by atoms with Crippen LogP contribution in [0.5, 0.6) is 5.75 Å². The summed E-state index contributed by atoms with van der Waals surface area (Å²) in [6.07, 6.45) is 2.57. The third-order valence-corrected chi connectivity index (χ3v) is 9.52. The summed E-state index contributed by atoms with van der Waals surface area (Å²) in [7, 11) is -2.85. The van der Waals surface area contributed by atoms with Crippen LogP contribution in [0.3, 0.4) is 0 Å². The van der Waals surface area contributed by atoms with Gasteiger partial charge in [0, 0.05) is 24.7 Å². The number of sulfonamides is 1. The maximum Gasteiger partial charge on any atom is 0.305 e. The van der Waals surface area contributed by atoms with Gasteiger partial charge < -0.3 is 24.6 Å². The lowest BCUT2D eigenvalue weighted by molar-refractivity contribution is -0.138. The zero-order valence-corrected chi connectivity index (χ0v) is 23.1. The molecule has 39 heavy (non-hydrogen) atoms. The summed E-state index contributed by atoms with van der Waals surface area (Å²) in [4.78, 5) is 40.2. The number of carboxylic acids is 1. The number of nitrogens with zero attached hydrogens (tertiary/aromatic N) is 3. The number of hydrogen-bond donors (Lipinski definition) is 2. The number of methoxy groups -OCH3 is 1. The van der Waals surface area contributed by atoms with Crippen LogP contribution in [0.1, 0.15) is 60.3 Å². The molecule has 1 aromatic carbocycles. The Balaban J connectivity index is 1.71. The van der Waals surface area contributed by atoms with Crippen LogP contribution in [0.25, 0.3) is 0 Å². The molecule has 212 valence electrons. The molecule has 2 atom stereocenters. The average molecular weight is 563 g/mol. The Morgan fingerprint density at radius 1 is 1.18 bits per heavy atom. The van der Waals surface area contributed by atoms with E-state index in [0.29, 0.717) is 5.75 Å². The fourth-order valence-electron chi connectivity index (χ4n) is 5.54. The van der Waals surface area contributed by atoms with Crippen LogP contribution in [-0.4, -0.2) is 78.1 Å². The zero-order chi connectivity index (χ0) is 28.3. The van der Waals surface area contributed by atoms with Crippen molar-refractivity contribution < 1.29 is 37.2 Å². The summed E-state index contributed by atoms with van der Waals surface area (Å²) in [5, 5.41) is 16.1. The number of amides is 2. The number of benzene rings is 1. The maximum absolute atomic E-state index is 13.9. The Kier molecular flexibility index (Phi) is 8.60. The summed E-state index contributed by atoms with van der Waals surface area (Å²) in [6, 6.07) is 5.66. The third kappa shape index (κ3) is 5.93. The second-order valence-electron chi connectivity index (χ2n) is 9.98. The first-order chi connectivity index (χ1) is 18.5. The Labute approximate surface area is 227 Å². The van der Waals surface area contributed by atoms with Crippen LogP contribution >= 0.6 is 0 Å². The number of nitrogens with one attached hydrogen (secondary N) is 1. The third-order valence-electron chi connectivity index (χ3n) is 7.42. The quantitative estimate of drug-likeness (QED) is 0.467. The van der Waals surface area contributed by atoms with Crippen molar-refractivity contribution in [1.82, 2.24) is 19.7 Å². The van der Waals surface area contributed by atoms with Gasteiger partial charge in [-0.15, -0.1) is 0 Å². The van der Waals surface area contributed by atoms with Gasteiger partial charge in [0.2, 0.25) is 0 Å². The summed E-state index contributed by atoms with van der Waals surface area (Å²) >= 11 is 0. The fourth-order valence-corrected chi connectivity index (χ4v) is 7.38. The molecule has 0 bridgehead atoms. The van der Waals surface area contributed by atoms with E-state index in [1.54, 1.807) is 18.2 Å². The number of carboxylic acid groups (broad SMARTS) is 1. The molecule has 2 amide bonds. The topological polar surface area (TPSA) is 159 Å². The van der Waals surface area contributed by atoms with Gasteiger partial charge in [0.05, 0.1) is 13.5 Å². The number of aromatic nitrogens is 1.